The summed E-state index contributed by atoms with van der Waals surface area (Å²) in [6, 6.07) is 9.92. The smallest absolute Gasteiger partial charge is 0.342 e. The zero-order chi connectivity index (χ0) is 16.4. The van der Waals surface area contributed by atoms with Crippen molar-refractivity contribution in [1.29, 1.82) is 0 Å². The van der Waals surface area contributed by atoms with Gasteiger partial charge in [0.15, 0.2) is 0 Å². The summed E-state index contributed by atoms with van der Waals surface area (Å²) in [6.45, 7) is 0. The number of pyridine rings is 1. The van der Waals surface area contributed by atoms with E-state index in [1.165, 1.54) is 17.3 Å². The van der Waals surface area contributed by atoms with Crippen LogP contribution >= 0.6 is 0 Å². The van der Waals surface area contributed by atoms with Gasteiger partial charge in [-0.3, -0.25) is 9.71 Å². The molecule has 0 bridgehead atoms. The number of rotatable bonds is 4. The van der Waals surface area contributed by atoms with Crippen molar-refractivity contribution in [3.63, 3.8) is 0 Å². The van der Waals surface area contributed by atoms with Crippen LogP contribution in [0.2, 0.25) is 0 Å². The Morgan fingerprint density at radius 2 is 1.77 bits per heavy atom. The Morgan fingerprint density at radius 3 is 2.36 bits per heavy atom. The molecule has 0 radical (unpaired) electrons. The van der Waals surface area contributed by atoms with Gasteiger partial charge in [0.05, 0.1) is 17.6 Å². The second-order valence-corrected chi connectivity index (χ2v) is 6.01. The third kappa shape index (κ3) is 3.30. The average Bonchev–Trinajstić information content (AvgIpc) is 2.46. The molecular formula is C13H12F3N3O2S. The minimum atomic E-state index is -5.49. The van der Waals surface area contributed by atoms with Gasteiger partial charge in [-0.05, 0) is 18.2 Å². The first kappa shape index (κ1) is 16.1. The predicted molar refractivity (Wildman–Crippen MR) is 77.3 cm³/mol. The van der Waals surface area contributed by atoms with Crippen molar-refractivity contribution < 1.29 is 21.6 Å². The van der Waals surface area contributed by atoms with E-state index in [0.29, 0.717) is 5.69 Å². The molecule has 9 heteroatoms. The fourth-order valence-corrected chi connectivity index (χ4v) is 2.31. The summed E-state index contributed by atoms with van der Waals surface area (Å²) in [4.78, 5) is 5.36. The maximum Gasteiger partial charge on any atom is 0.516 e. The van der Waals surface area contributed by atoms with E-state index < -0.39 is 15.5 Å². The molecular weight excluding hydrogens is 319 g/mol. The zero-order valence-corrected chi connectivity index (χ0v) is 12.2. The van der Waals surface area contributed by atoms with Gasteiger partial charge >= 0.3 is 15.5 Å². The van der Waals surface area contributed by atoms with Gasteiger partial charge in [0.25, 0.3) is 0 Å². The standard InChI is InChI=1S/C13H12F3N3O2S/c1-19(10-5-3-2-4-6-10)12-9-17-8-7-11(12)18-22(20,21)13(14,15)16/h2-9H,1H3,(H,17,18). The van der Waals surface area contributed by atoms with E-state index in [0.717, 1.165) is 6.07 Å². The van der Waals surface area contributed by atoms with Crippen molar-refractivity contribution in [3.05, 3.63) is 48.8 Å². The molecule has 1 aromatic heterocycles. The molecule has 1 aromatic carbocycles. The fraction of sp³-hybridized carbons (Fsp3) is 0.154. The number of hydrogen-bond acceptors (Lipinski definition) is 4. The maximum absolute atomic E-state index is 12.5. The van der Waals surface area contributed by atoms with Gasteiger partial charge < -0.3 is 4.90 Å². The van der Waals surface area contributed by atoms with Crippen LogP contribution in [0.15, 0.2) is 48.8 Å². The quantitative estimate of drug-likeness (QED) is 0.935. The lowest BCUT2D eigenvalue weighted by molar-refractivity contribution is -0.0429. The molecule has 0 amide bonds. The monoisotopic (exact) mass is 331 g/mol. The molecule has 0 fully saturated rings. The van der Waals surface area contributed by atoms with E-state index in [4.69, 9.17) is 0 Å². The summed E-state index contributed by atoms with van der Waals surface area (Å²) >= 11 is 0. The van der Waals surface area contributed by atoms with Crippen LogP contribution in [0.3, 0.4) is 0 Å². The SMILES string of the molecule is CN(c1ccccc1)c1cnccc1NS(=O)(=O)C(F)(F)F. The topological polar surface area (TPSA) is 62.3 Å². The summed E-state index contributed by atoms with van der Waals surface area (Å²) < 4.78 is 61.5. The molecule has 0 saturated carbocycles. The highest BCUT2D eigenvalue weighted by atomic mass is 32.2. The summed E-state index contributed by atoms with van der Waals surface area (Å²) in [5, 5.41) is 0. The zero-order valence-electron chi connectivity index (χ0n) is 11.4. The molecule has 0 aliphatic carbocycles. The van der Waals surface area contributed by atoms with Crippen molar-refractivity contribution in [3.8, 4) is 0 Å². The lowest BCUT2D eigenvalue weighted by atomic mass is 10.2. The fourth-order valence-electron chi connectivity index (χ4n) is 1.73. The van der Waals surface area contributed by atoms with Crippen LogP contribution in [-0.4, -0.2) is 26.0 Å². The van der Waals surface area contributed by atoms with Crippen molar-refractivity contribution >= 4 is 27.1 Å². The van der Waals surface area contributed by atoms with E-state index in [1.807, 2.05) is 0 Å². The molecule has 0 aliphatic rings. The average molecular weight is 331 g/mol. The number of para-hydroxylation sites is 1. The van der Waals surface area contributed by atoms with Crippen LogP contribution in [0.25, 0.3) is 0 Å². The molecule has 22 heavy (non-hydrogen) atoms. The lowest BCUT2D eigenvalue weighted by Crippen LogP contribution is -2.30. The van der Waals surface area contributed by atoms with Crippen molar-refractivity contribution in [2.24, 2.45) is 0 Å². The van der Waals surface area contributed by atoms with Crippen molar-refractivity contribution in [2.75, 3.05) is 16.7 Å². The highest BCUT2D eigenvalue weighted by Gasteiger charge is 2.46. The van der Waals surface area contributed by atoms with Gasteiger partial charge in [0, 0.05) is 18.9 Å². The number of nitrogens with zero attached hydrogens (tertiary/aromatic N) is 2. The molecule has 0 atom stereocenters. The van der Waals surface area contributed by atoms with E-state index >= 15 is 0 Å². The summed E-state index contributed by atoms with van der Waals surface area (Å²) in [5.74, 6) is 0. The Hall–Kier alpha value is -2.29. The van der Waals surface area contributed by atoms with Crippen LogP contribution in [0.1, 0.15) is 0 Å². The van der Waals surface area contributed by atoms with E-state index in [-0.39, 0.29) is 11.4 Å². The molecule has 1 heterocycles. The Bertz CT molecular complexity index is 749. The number of hydrogen-bond donors (Lipinski definition) is 1. The molecule has 0 aliphatic heterocycles. The maximum atomic E-state index is 12.5. The summed E-state index contributed by atoms with van der Waals surface area (Å²) in [5.41, 5.74) is -4.73. The molecule has 0 spiro atoms. The molecule has 2 rings (SSSR count). The van der Waals surface area contributed by atoms with Gasteiger partial charge in [-0.25, -0.2) is 0 Å². The number of halogens is 3. The minimum Gasteiger partial charge on any atom is -0.342 e. The highest BCUT2D eigenvalue weighted by molar-refractivity contribution is 7.93. The molecule has 0 unspecified atom stereocenters. The first-order valence-corrected chi connectivity index (χ1v) is 7.52. The highest BCUT2D eigenvalue weighted by Crippen LogP contribution is 2.33. The molecule has 118 valence electrons. The minimum absolute atomic E-state index is 0.196. The van der Waals surface area contributed by atoms with Crippen LogP contribution in [0.4, 0.5) is 30.2 Å². The van der Waals surface area contributed by atoms with E-state index in [1.54, 1.807) is 42.1 Å². The molecule has 5 nitrogen and oxygen atoms in total. The van der Waals surface area contributed by atoms with Gasteiger partial charge in [-0.1, -0.05) is 18.2 Å². The third-order valence-corrected chi connectivity index (χ3v) is 3.95. The normalized spacial score (nSPS) is 12.0. The Balaban J connectivity index is 2.40. The Kier molecular flexibility index (Phi) is 4.27. The second kappa shape index (κ2) is 5.84. The van der Waals surface area contributed by atoms with Crippen molar-refractivity contribution in [1.82, 2.24) is 4.98 Å². The van der Waals surface area contributed by atoms with Gasteiger partial charge in [0.1, 0.15) is 0 Å². The Labute approximate surface area is 125 Å². The van der Waals surface area contributed by atoms with Crippen molar-refractivity contribution in [2.45, 2.75) is 5.51 Å². The summed E-state index contributed by atoms with van der Waals surface area (Å²) in [7, 11) is -3.90. The van der Waals surface area contributed by atoms with Crippen LogP contribution in [-0.2, 0) is 10.0 Å². The number of nitrogens with one attached hydrogen (secondary N) is 1. The third-order valence-electron chi connectivity index (χ3n) is 2.85. The van der Waals surface area contributed by atoms with E-state index in [9.17, 15) is 21.6 Å². The van der Waals surface area contributed by atoms with Crippen LogP contribution in [0, 0.1) is 0 Å². The number of alkyl halides is 3. The van der Waals surface area contributed by atoms with E-state index in [2.05, 4.69) is 4.98 Å². The number of anilines is 3. The molecule has 1 N–H and O–H groups in total. The van der Waals surface area contributed by atoms with Gasteiger partial charge in [0.2, 0.25) is 0 Å². The largest absolute Gasteiger partial charge is 0.516 e. The predicted octanol–water partition coefficient (Wildman–Crippen LogP) is 3.11. The molecule has 2 aromatic rings. The Morgan fingerprint density at radius 1 is 1.14 bits per heavy atom. The number of sulfonamides is 1. The van der Waals surface area contributed by atoms with Gasteiger partial charge in [-0.2, -0.15) is 21.6 Å². The lowest BCUT2D eigenvalue weighted by Gasteiger charge is -2.22. The second-order valence-electron chi connectivity index (χ2n) is 4.34. The summed E-state index contributed by atoms with van der Waals surface area (Å²) in [6.07, 6.45) is 2.48. The van der Waals surface area contributed by atoms with Gasteiger partial charge in [-0.15, -0.1) is 0 Å². The molecule has 0 saturated heterocycles. The first-order valence-electron chi connectivity index (χ1n) is 6.04. The number of aromatic nitrogens is 1. The van der Waals surface area contributed by atoms with Crippen LogP contribution < -0.4 is 9.62 Å². The number of benzene rings is 1. The van der Waals surface area contributed by atoms with Crippen LogP contribution in [0.5, 0.6) is 0 Å². The first-order chi connectivity index (χ1) is 10.2.